The van der Waals surface area contributed by atoms with Crippen LogP contribution in [0.5, 0.6) is 0 Å². The molecule has 110 valence electrons. The quantitative estimate of drug-likeness (QED) is 0.872. The zero-order valence-corrected chi connectivity index (χ0v) is 11.6. The fraction of sp³-hybridized carbons (Fsp3) is 0.286. The molecule has 0 amide bonds. The van der Waals surface area contributed by atoms with Gasteiger partial charge >= 0.3 is 11.9 Å². The molecule has 2 N–H and O–H groups in total. The topological polar surface area (TPSA) is 105 Å². The first-order valence-corrected chi connectivity index (χ1v) is 6.44. The highest BCUT2D eigenvalue weighted by Crippen LogP contribution is 2.27. The maximum atomic E-state index is 11.3. The fourth-order valence-electron chi connectivity index (χ4n) is 2.09. The first kappa shape index (κ1) is 14.7. The number of hydrogen-bond donors (Lipinski definition) is 2. The van der Waals surface area contributed by atoms with Gasteiger partial charge in [-0.2, -0.15) is 0 Å². The van der Waals surface area contributed by atoms with Crippen LogP contribution in [0.1, 0.15) is 35.4 Å². The Morgan fingerprint density at radius 2 is 1.86 bits per heavy atom. The summed E-state index contributed by atoms with van der Waals surface area (Å²) in [5.41, 5.74) is 1.54. The molecule has 0 saturated heterocycles. The molecule has 7 nitrogen and oxygen atoms in total. The van der Waals surface area contributed by atoms with E-state index in [1.54, 1.807) is 19.1 Å². The maximum Gasteiger partial charge on any atom is 0.358 e. The summed E-state index contributed by atoms with van der Waals surface area (Å²) < 4.78 is 1.16. The normalized spacial score (nSPS) is 12.1. The number of carboxylic acid groups (broad SMARTS) is 2. The minimum absolute atomic E-state index is 0.205. The standard InChI is InChI=1S/C14H15N3O4/c1-3-10(13(18)19)17-12(11(14(20)21)15-16-17)9-6-4-8(2)5-7-9/h4-7,10H,3H2,1-2H3,(H,18,19)(H,20,21). The number of aromatic carboxylic acids is 1. The van der Waals surface area contributed by atoms with Gasteiger partial charge in [-0.3, -0.25) is 0 Å². The van der Waals surface area contributed by atoms with E-state index in [1.807, 2.05) is 19.1 Å². The van der Waals surface area contributed by atoms with Crippen molar-refractivity contribution in [1.29, 1.82) is 0 Å². The molecule has 0 saturated carbocycles. The lowest BCUT2D eigenvalue weighted by Gasteiger charge is -2.13. The van der Waals surface area contributed by atoms with E-state index < -0.39 is 18.0 Å². The second-order valence-electron chi connectivity index (χ2n) is 4.66. The van der Waals surface area contributed by atoms with Crippen LogP contribution in [0.2, 0.25) is 0 Å². The zero-order chi connectivity index (χ0) is 15.6. The second kappa shape index (κ2) is 5.74. The highest BCUT2D eigenvalue weighted by molar-refractivity contribution is 5.93. The van der Waals surface area contributed by atoms with E-state index >= 15 is 0 Å². The summed E-state index contributed by atoms with van der Waals surface area (Å²) in [6.45, 7) is 3.60. The van der Waals surface area contributed by atoms with Crippen LogP contribution in [0.15, 0.2) is 24.3 Å². The van der Waals surface area contributed by atoms with Gasteiger partial charge in [-0.05, 0) is 13.3 Å². The van der Waals surface area contributed by atoms with Gasteiger partial charge in [0, 0.05) is 5.56 Å². The SMILES string of the molecule is CCC(C(=O)O)n1nnc(C(=O)O)c1-c1ccc(C)cc1. The number of hydrogen-bond acceptors (Lipinski definition) is 4. The Hall–Kier alpha value is -2.70. The molecule has 2 aromatic rings. The van der Waals surface area contributed by atoms with E-state index in [4.69, 9.17) is 0 Å². The van der Waals surface area contributed by atoms with Crippen molar-refractivity contribution >= 4 is 11.9 Å². The van der Waals surface area contributed by atoms with Gasteiger partial charge in [-0.25, -0.2) is 14.3 Å². The molecule has 7 heteroatoms. The number of carboxylic acids is 2. The lowest BCUT2D eigenvalue weighted by molar-refractivity contribution is -0.141. The number of aliphatic carboxylic acids is 1. The van der Waals surface area contributed by atoms with Crippen LogP contribution in [-0.4, -0.2) is 37.1 Å². The predicted octanol–water partition coefficient (Wildman–Crippen LogP) is 1.99. The monoisotopic (exact) mass is 289 g/mol. The molecule has 0 aliphatic rings. The number of rotatable bonds is 5. The summed E-state index contributed by atoms with van der Waals surface area (Å²) in [6, 6.07) is 6.14. The first-order valence-electron chi connectivity index (χ1n) is 6.44. The molecule has 2 rings (SSSR count). The molecule has 1 atom stereocenters. The van der Waals surface area contributed by atoms with Crippen molar-refractivity contribution in [2.45, 2.75) is 26.3 Å². The summed E-state index contributed by atoms with van der Waals surface area (Å²) in [6.07, 6.45) is 0.274. The zero-order valence-electron chi connectivity index (χ0n) is 11.6. The molecule has 0 aliphatic carbocycles. The van der Waals surface area contributed by atoms with E-state index in [9.17, 15) is 19.8 Å². The summed E-state index contributed by atoms with van der Waals surface area (Å²) in [5, 5.41) is 25.8. The van der Waals surface area contributed by atoms with Crippen molar-refractivity contribution in [2.75, 3.05) is 0 Å². The van der Waals surface area contributed by atoms with E-state index in [1.165, 1.54) is 0 Å². The molecule has 1 heterocycles. The Morgan fingerprint density at radius 1 is 1.24 bits per heavy atom. The van der Waals surface area contributed by atoms with Crippen LogP contribution in [0.3, 0.4) is 0 Å². The Balaban J connectivity index is 2.65. The van der Waals surface area contributed by atoms with Crippen LogP contribution in [0.25, 0.3) is 11.3 Å². The highest BCUT2D eigenvalue weighted by Gasteiger charge is 2.27. The van der Waals surface area contributed by atoms with Crippen LogP contribution in [0, 0.1) is 6.92 Å². The van der Waals surface area contributed by atoms with E-state index in [0.717, 1.165) is 10.2 Å². The minimum atomic E-state index is -1.24. The predicted molar refractivity (Wildman–Crippen MR) is 74.1 cm³/mol. The number of aryl methyl sites for hydroxylation is 1. The highest BCUT2D eigenvalue weighted by atomic mass is 16.4. The van der Waals surface area contributed by atoms with Crippen LogP contribution >= 0.6 is 0 Å². The van der Waals surface area contributed by atoms with Gasteiger partial charge in [-0.1, -0.05) is 42.0 Å². The largest absolute Gasteiger partial charge is 0.480 e. The van der Waals surface area contributed by atoms with Gasteiger partial charge < -0.3 is 10.2 Å². The van der Waals surface area contributed by atoms with Crippen molar-refractivity contribution < 1.29 is 19.8 Å². The van der Waals surface area contributed by atoms with E-state index in [-0.39, 0.29) is 17.8 Å². The summed E-state index contributed by atoms with van der Waals surface area (Å²) in [7, 11) is 0. The molecule has 0 fully saturated rings. The molecular formula is C14H15N3O4. The van der Waals surface area contributed by atoms with Gasteiger partial charge in [0.05, 0.1) is 0 Å². The Kier molecular flexibility index (Phi) is 4.02. The van der Waals surface area contributed by atoms with Gasteiger partial charge in [0.2, 0.25) is 0 Å². The first-order chi connectivity index (χ1) is 9.95. The maximum absolute atomic E-state index is 11.3. The molecule has 0 aliphatic heterocycles. The molecule has 0 bridgehead atoms. The number of nitrogens with zero attached hydrogens (tertiary/aromatic N) is 3. The number of benzene rings is 1. The smallest absolute Gasteiger partial charge is 0.358 e. The summed E-state index contributed by atoms with van der Waals surface area (Å²) >= 11 is 0. The van der Waals surface area contributed by atoms with E-state index in [0.29, 0.717) is 5.56 Å². The summed E-state index contributed by atoms with van der Waals surface area (Å²) in [5.74, 6) is -2.32. The van der Waals surface area contributed by atoms with Crippen LogP contribution in [-0.2, 0) is 4.79 Å². The average Bonchev–Trinajstić information content (AvgIpc) is 2.85. The van der Waals surface area contributed by atoms with Crippen LogP contribution < -0.4 is 0 Å². The third-order valence-corrected chi connectivity index (χ3v) is 3.19. The average molecular weight is 289 g/mol. The van der Waals surface area contributed by atoms with Crippen molar-refractivity contribution in [3.8, 4) is 11.3 Å². The van der Waals surface area contributed by atoms with Crippen molar-refractivity contribution in [2.24, 2.45) is 0 Å². The van der Waals surface area contributed by atoms with Gasteiger partial charge in [0.25, 0.3) is 0 Å². The number of carbonyl (C=O) groups is 2. The van der Waals surface area contributed by atoms with E-state index in [2.05, 4.69) is 10.3 Å². The van der Waals surface area contributed by atoms with Crippen molar-refractivity contribution in [1.82, 2.24) is 15.0 Å². The molecule has 21 heavy (non-hydrogen) atoms. The van der Waals surface area contributed by atoms with Gasteiger partial charge in [0.1, 0.15) is 5.69 Å². The molecular weight excluding hydrogens is 274 g/mol. The lowest BCUT2D eigenvalue weighted by atomic mass is 10.1. The Labute approximate surface area is 120 Å². The third-order valence-electron chi connectivity index (χ3n) is 3.19. The van der Waals surface area contributed by atoms with Gasteiger partial charge in [-0.15, -0.1) is 5.10 Å². The Bertz CT molecular complexity index is 676. The minimum Gasteiger partial charge on any atom is -0.480 e. The summed E-state index contributed by atoms with van der Waals surface area (Å²) in [4.78, 5) is 22.6. The van der Waals surface area contributed by atoms with Gasteiger partial charge in [0.15, 0.2) is 11.7 Å². The third kappa shape index (κ3) is 2.76. The molecule has 1 aromatic heterocycles. The van der Waals surface area contributed by atoms with Crippen molar-refractivity contribution in [3.05, 3.63) is 35.5 Å². The molecule has 1 unspecified atom stereocenters. The molecule has 0 spiro atoms. The molecule has 1 aromatic carbocycles. The van der Waals surface area contributed by atoms with Crippen molar-refractivity contribution in [3.63, 3.8) is 0 Å². The Morgan fingerprint density at radius 3 is 2.33 bits per heavy atom. The second-order valence-corrected chi connectivity index (χ2v) is 4.66. The number of aromatic nitrogens is 3. The molecule has 0 radical (unpaired) electrons. The van der Waals surface area contributed by atoms with Crippen LogP contribution in [0.4, 0.5) is 0 Å². The lowest BCUT2D eigenvalue weighted by Crippen LogP contribution is -2.20. The fourth-order valence-corrected chi connectivity index (χ4v) is 2.09.